The summed E-state index contributed by atoms with van der Waals surface area (Å²) in [7, 11) is 0. The first-order valence-corrected chi connectivity index (χ1v) is 9.08. The molecule has 1 saturated heterocycles. The zero-order valence-corrected chi connectivity index (χ0v) is 14.3. The lowest BCUT2D eigenvalue weighted by molar-refractivity contribution is -0.123. The monoisotopic (exact) mass is 343 g/mol. The van der Waals surface area contributed by atoms with Crippen molar-refractivity contribution in [2.45, 2.75) is 25.7 Å². The van der Waals surface area contributed by atoms with Gasteiger partial charge in [0.05, 0.1) is 5.01 Å². The van der Waals surface area contributed by atoms with Gasteiger partial charge in [-0.3, -0.25) is 9.59 Å². The van der Waals surface area contributed by atoms with E-state index in [2.05, 4.69) is 17.1 Å². The number of primary amides is 1. The zero-order chi connectivity index (χ0) is 16.9. The van der Waals surface area contributed by atoms with Gasteiger partial charge in [0.25, 0.3) is 5.91 Å². The van der Waals surface area contributed by atoms with Gasteiger partial charge in [-0.2, -0.15) is 0 Å². The highest BCUT2D eigenvalue weighted by molar-refractivity contribution is 7.09. The van der Waals surface area contributed by atoms with Crippen LogP contribution in [0.1, 0.15) is 33.9 Å². The number of nitrogens with two attached hydrogens (primary N) is 1. The summed E-state index contributed by atoms with van der Waals surface area (Å²) in [5.74, 6) is -0.412. The van der Waals surface area contributed by atoms with Crippen LogP contribution in [0.25, 0.3) is 0 Å². The second-order valence-electron chi connectivity index (χ2n) is 6.08. The van der Waals surface area contributed by atoms with Crippen LogP contribution >= 0.6 is 11.3 Å². The van der Waals surface area contributed by atoms with E-state index in [9.17, 15) is 9.59 Å². The Morgan fingerprint density at radius 1 is 1.17 bits per heavy atom. The fraction of sp³-hybridized carbons (Fsp3) is 0.389. The van der Waals surface area contributed by atoms with E-state index < -0.39 is 0 Å². The van der Waals surface area contributed by atoms with Gasteiger partial charge in [0.15, 0.2) is 0 Å². The molecule has 0 radical (unpaired) electrons. The Hall–Kier alpha value is -2.21. The Balaban J connectivity index is 1.55. The van der Waals surface area contributed by atoms with Gasteiger partial charge in [0.1, 0.15) is 5.69 Å². The van der Waals surface area contributed by atoms with Crippen molar-refractivity contribution >= 4 is 23.2 Å². The molecule has 126 valence electrons. The van der Waals surface area contributed by atoms with Gasteiger partial charge in [-0.25, -0.2) is 4.98 Å². The number of thiazole rings is 1. The van der Waals surface area contributed by atoms with Crippen LogP contribution in [0.4, 0.5) is 0 Å². The average Bonchev–Trinajstić information content (AvgIpc) is 3.09. The Labute approximate surface area is 145 Å². The summed E-state index contributed by atoms with van der Waals surface area (Å²) >= 11 is 1.53. The molecule has 3 rings (SSSR count). The van der Waals surface area contributed by atoms with Gasteiger partial charge in [-0.15, -0.1) is 11.3 Å². The molecular weight excluding hydrogens is 322 g/mol. The summed E-state index contributed by atoms with van der Waals surface area (Å²) in [6.45, 7) is 1.15. The lowest BCUT2D eigenvalue weighted by Gasteiger charge is -2.30. The first kappa shape index (κ1) is 16.6. The van der Waals surface area contributed by atoms with Crippen LogP contribution in [0.2, 0.25) is 0 Å². The largest absolute Gasteiger partial charge is 0.369 e. The second-order valence-corrected chi connectivity index (χ2v) is 7.02. The number of carbonyl (C=O) groups excluding carboxylic acids is 2. The highest BCUT2D eigenvalue weighted by atomic mass is 32.1. The van der Waals surface area contributed by atoms with Crippen molar-refractivity contribution in [2.24, 2.45) is 11.7 Å². The van der Waals surface area contributed by atoms with Crippen molar-refractivity contribution in [1.29, 1.82) is 0 Å². The number of amides is 2. The predicted octanol–water partition coefficient (Wildman–Crippen LogP) is 2.27. The minimum Gasteiger partial charge on any atom is -0.369 e. The van der Waals surface area contributed by atoms with Crippen molar-refractivity contribution in [2.75, 3.05) is 13.1 Å². The van der Waals surface area contributed by atoms with Crippen molar-refractivity contribution < 1.29 is 9.59 Å². The summed E-state index contributed by atoms with van der Waals surface area (Å²) in [6.07, 6.45) is 3.05. The highest BCUT2D eigenvalue weighted by Crippen LogP contribution is 2.20. The van der Waals surface area contributed by atoms with Crippen molar-refractivity contribution in [3.63, 3.8) is 0 Å². The summed E-state index contributed by atoms with van der Waals surface area (Å²) in [5.41, 5.74) is 7.12. The molecule has 5 nitrogen and oxygen atoms in total. The maximum absolute atomic E-state index is 12.5. The minimum atomic E-state index is -0.265. The van der Waals surface area contributed by atoms with Crippen LogP contribution in [-0.2, 0) is 17.6 Å². The molecule has 0 bridgehead atoms. The fourth-order valence-electron chi connectivity index (χ4n) is 2.95. The molecule has 1 aromatic carbocycles. The number of piperidine rings is 1. The first-order chi connectivity index (χ1) is 11.6. The normalized spacial score (nSPS) is 15.4. The highest BCUT2D eigenvalue weighted by Gasteiger charge is 2.27. The number of nitrogens with zero attached hydrogens (tertiary/aromatic N) is 2. The van der Waals surface area contributed by atoms with E-state index in [1.165, 1.54) is 16.9 Å². The summed E-state index contributed by atoms with van der Waals surface area (Å²) in [4.78, 5) is 30.0. The molecule has 1 aliphatic heterocycles. The Morgan fingerprint density at radius 2 is 1.88 bits per heavy atom. The number of rotatable bonds is 5. The van der Waals surface area contributed by atoms with Crippen LogP contribution < -0.4 is 5.73 Å². The van der Waals surface area contributed by atoms with E-state index in [1.807, 2.05) is 23.6 Å². The number of aromatic nitrogens is 1. The molecule has 1 aliphatic rings. The maximum atomic E-state index is 12.5. The molecule has 2 aromatic rings. The molecule has 0 unspecified atom stereocenters. The van der Waals surface area contributed by atoms with Gasteiger partial charge >= 0.3 is 0 Å². The molecule has 2 N–H and O–H groups in total. The van der Waals surface area contributed by atoms with E-state index in [1.54, 1.807) is 4.90 Å². The van der Waals surface area contributed by atoms with E-state index in [0.717, 1.165) is 17.8 Å². The number of benzene rings is 1. The van der Waals surface area contributed by atoms with Crippen LogP contribution in [0, 0.1) is 5.92 Å². The van der Waals surface area contributed by atoms with Crippen molar-refractivity contribution in [3.8, 4) is 0 Å². The van der Waals surface area contributed by atoms with E-state index in [0.29, 0.717) is 31.6 Å². The Kier molecular flexibility index (Phi) is 5.25. The van der Waals surface area contributed by atoms with Crippen molar-refractivity contribution in [3.05, 3.63) is 52.0 Å². The first-order valence-electron chi connectivity index (χ1n) is 8.20. The van der Waals surface area contributed by atoms with Gasteiger partial charge in [0, 0.05) is 30.8 Å². The third kappa shape index (κ3) is 4.00. The Bertz CT molecular complexity index is 706. The Morgan fingerprint density at radius 3 is 2.54 bits per heavy atom. The third-order valence-corrected chi connectivity index (χ3v) is 5.33. The second kappa shape index (κ2) is 7.57. The number of carbonyl (C=O) groups is 2. The van der Waals surface area contributed by atoms with Gasteiger partial charge in [0.2, 0.25) is 5.91 Å². The third-order valence-electron chi connectivity index (χ3n) is 4.43. The summed E-state index contributed by atoms with van der Waals surface area (Å²) < 4.78 is 0. The van der Waals surface area contributed by atoms with Gasteiger partial charge in [-0.05, 0) is 24.8 Å². The van der Waals surface area contributed by atoms with Gasteiger partial charge < -0.3 is 10.6 Å². The van der Waals surface area contributed by atoms with E-state index in [-0.39, 0.29) is 17.7 Å². The number of hydrogen-bond acceptors (Lipinski definition) is 4. The number of hydrogen-bond donors (Lipinski definition) is 1. The average molecular weight is 343 g/mol. The number of aryl methyl sites for hydroxylation is 2. The summed E-state index contributed by atoms with van der Waals surface area (Å²) in [6, 6.07) is 10.3. The lowest BCUT2D eigenvalue weighted by Crippen LogP contribution is -2.41. The molecule has 0 spiro atoms. The number of likely N-dealkylation sites (tertiary alicyclic amines) is 1. The fourth-order valence-corrected chi connectivity index (χ4v) is 3.72. The maximum Gasteiger partial charge on any atom is 0.273 e. The van der Waals surface area contributed by atoms with Gasteiger partial charge in [-0.1, -0.05) is 30.3 Å². The molecular formula is C18H21N3O2S. The molecule has 1 fully saturated rings. The van der Waals surface area contributed by atoms with Crippen molar-refractivity contribution in [1.82, 2.24) is 9.88 Å². The predicted molar refractivity (Wildman–Crippen MR) is 93.8 cm³/mol. The minimum absolute atomic E-state index is 0.0415. The smallest absolute Gasteiger partial charge is 0.273 e. The SMILES string of the molecule is NC(=O)C1CCN(C(=O)c2csc(CCc3ccccc3)n2)CC1. The molecule has 1 aromatic heterocycles. The summed E-state index contributed by atoms with van der Waals surface area (Å²) in [5, 5.41) is 2.82. The molecule has 0 atom stereocenters. The van der Waals surface area contributed by atoms with E-state index in [4.69, 9.17) is 5.73 Å². The zero-order valence-electron chi connectivity index (χ0n) is 13.5. The molecule has 24 heavy (non-hydrogen) atoms. The topological polar surface area (TPSA) is 76.3 Å². The quantitative estimate of drug-likeness (QED) is 0.905. The molecule has 2 amide bonds. The lowest BCUT2D eigenvalue weighted by atomic mass is 9.96. The standard InChI is InChI=1S/C18H21N3O2S/c19-17(22)14-8-10-21(11-9-14)18(23)15-12-24-16(20-15)7-6-13-4-2-1-3-5-13/h1-5,12,14H,6-11H2,(H2,19,22). The van der Waals surface area contributed by atoms with Crippen LogP contribution in [0.5, 0.6) is 0 Å². The van der Waals surface area contributed by atoms with Crippen LogP contribution in [-0.4, -0.2) is 34.8 Å². The van der Waals surface area contributed by atoms with Crippen LogP contribution in [0.3, 0.4) is 0 Å². The van der Waals surface area contributed by atoms with Crippen LogP contribution in [0.15, 0.2) is 35.7 Å². The molecule has 2 heterocycles. The molecule has 0 aliphatic carbocycles. The molecule has 6 heteroatoms. The molecule has 0 saturated carbocycles. The van der Waals surface area contributed by atoms with E-state index >= 15 is 0 Å².